The molecule has 1 aromatic heterocycles. The van der Waals surface area contributed by atoms with Crippen molar-refractivity contribution >= 4 is 17.6 Å². The molecule has 0 radical (unpaired) electrons. The molecule has 6 nitrogen and oxygen atoms in total. The summed E-state index contributed by atoms with van der Waals surface area (Å²) in [6.45, 7) is 9.46. The molecule has 0 saturated heterocycles. The van der Waals surface area contributed by atoms with Crippen molar-refractivity contribution in [1.29, 1.82) is 0 Å². The topological polar surface area (TPSA) is 63.5 Å². The highest BCUT2D eigenvalue weighted by molar-refractivity contribution is 6.30. The van der Waals surface area contributed by atoms with Crippen LogP contribution in [-0.4, -0.2) is 35.4 Å². The van der Waals surface area contributed by atoms with E-state index in [4.69, 9.17) is 16.3 Å². The number of halogens is 1. The quantitative estimate of drug-likeness (QED) is 0.561. The van der Waals surface area contributed by atoms with Crippen LogP contribution in [0.5, 0.6) is 5.75 Å². The number of rotatable bonds is 7. The number of nitrogens with zero attached hydrogens (tertiary/aromatic N) is 3. The first kappa shape index (κ1) is 21.1. The molecule has 148 valence electrons. The Morgan fingerprint density at radius 3 is 2.70 bits per heavy atom. The summed E-state index contributed by atoms with van der Waals surface area (Å²) in [5, 5.41) is 12.0. The van der Waals surface area contributed by atoms with Crippen LogP contribution in [0.4, 0.5) is 0 Å². The Hall–Kier alpha value is -2.21. The Kier molecular flexibility index (Phi) is 7.54. The lowest BCUT2D eigenvalue weighted by molar-refractivity contribution is 0.336. The lowest BCUT2D eigenvalue weighted by Crippen LogP contribution is -2.42. The number of aromatic nitrogens is 2. The summed E-state index contributed by atoms with van der Waals surface area (Å²) in [6, 6.07) is 5.90. The number of aryl methyl sites for hydroxylation is 2. The van der Waals surface area contributed by atoms with Crippen molar-refractivity contribution in [3.05, 3.63) is 45.7 Å². The molecule has 0 aliphatic rings. The van der Waals surface area contributed by atoms with Gasteiger partial charge in [-0.15, -0.1) is 0 Å². The molecular formula is C20H30ClN5O. The molecule has 0 bridgehead atoms. The smallest absolute Gasteiger partial charge is 0.191 e. The van der Waals surface area contributed by atoms with E-state index in [1.807, 2.05) is 36.9 Å². The molecule has 0 spiro atoms. The van der Waals surface area contributed by atoms with E-state index in [0.29, 0.717) is 18.2 Å². The molecule has 0 fully saturated rings. The fraction of sp³-hybridized carbons (Fsp3) is 0.500. The molecule has 2 aromatic rings. The molecule has 0 aliphatic heterocycles. The molecule has 27 heavy (non-hydrogen) atoms. The molecule has 1 unspecified atom stereocenters. The average Bonchev–Trinajstić information content (AvgIpc) is 2.86. The summed E-state index contributed by atoms with van der Waals surface area (Å²) in [6.07, 6.45) is 0.886. The molecule has 7 heteroatoms. The van der Waals surface area contributed by atoms with E-state index < -0.39 is 0 Å². The fourth-order valence-electron chi connectivity index (χ4n) is 3.04. The Labute approximate surface area is 167 Å². The van der Waals surface area contributed by atoms with E-state index in [2.05, 4.69) is 41.5 Å². The zero-order valence-corrected chi connectivity index (χ0v) is 17.8. The van der Waals surface area contributed by atoms with Crippen molar-refractivity contribution in [1.82, 2.24) is 20.4 Å². The number of aliphatic imine (C=N–C) groups is 1. The van der Waals surface area contributed by atoms with Crippen LogP contribution in [0.2, 0.25) is 5.02 Å². The average molecular weight is 392 g/mol. The monoisotopic (exact) mass is 391 g/mol. The van der Waals surface area contributed by atoms with Crippen molar-refractivity contribution in [2.75, 3.05) is 13.7 Å². The van der Waals surface area contributed by atoms with Gasteiger partial charge in [-0.3, -0.25) is 9.67 Å². The maximum absolute atomic E-state index is 6.07. The van der Waals surface area contributed by atoms with Crippen LogP contribution >= 0.6 is 11.6 Å². The van der Waals surface area contributed by atoms with Crippen LogP contribution in [0, 0.1) is 13.8 Å². The third kappa shape index (κ3) is 5.63. The Bertz CT molecular complexity index is 800. The Balaban J connectivity index is 1.98. The summed E-state index contributed by atoms with van der Waals surface area (Å²) in [5.41, 5.74) is 4.60. The minimum atomic E-state index is 0.217. The van der Waals surface area contributed by atoms with Crippen LogP contribution in [0.25, 0.3) is 0 Å². The van der Waals surface area contributed by atoms with E-state index in [1.54, 1.807) is 7.05 Å². The van der Waals surface area contributed by atoms with Gasteiger partial charge in [0.15, 0.2) is 5.96 Å². The van der Waals surface area contributed by atoms with Gasteiger partial charge in [0.1, 0.15) is 5.75 Å². The number of hydrogen-bond donors (Lipinski definition) is 2. The van der Waals surface area contributed by atoms with Gasteiger partial charge in [-0.2, -0.15) is 5.10 Å². The summed E-state index contributed by atoms with van der Waals surface area (Å²) < 4.78 is 7.61. The van der Waals surface area contributed by atoms with Crippen LogP contribution in [0.3, 0.4) is 0 Å². The summed E-state index contributed by atoms with van der Waals surface area (Å²) in [4.78, 5) is 4.33. The van der Waals surface area contributed by atoms with Gasteiger partial charge in [-0.05, 0) is 51.8 Å². The van der Waals surface area contributed by atoms with E-state index >= 15 is 0 Å². The molecule has 0 aliphatic carbocycles. The Morgan fingerprint density at radius 2 is 2.11 bits per heavy atom. The SMILES string of the molecule is CCOc1cc(Cl)ccc1CNC(=NC)NC(C)Cc1c(C)nn(C)c1C. The molecular weight excluding hydrogens is 362 g/mol. The van der Waals surface area contributed by atoms with E-state index in [0.717, 1.165) is 29.4 Å². The number of ether oxygens (including phenoxy) is 1. The number of guanidine groups is 1. The van der Waals surface area contributed by atoms with Crippen molar-refractivity contribution in [2.45, 2.75) is 46.7 Å². The minimum absolute atomic E-state index is 0.217. The van der Waals surface area contributed by atoms with Crippen LogP contribution < -0.4 is 15.4 Å². The van der Waals surface area contributed by atoms with Crippen LogP contribution in [0.1, 0.15) is 36.4 Å². The third-order valence-corrected chi connectivity index (χ3v) is 4.79. The second-order valence-electron chi connectivity index (χ2n) is 6.63. The first-order chi connectivity index (χ1) is 12.8. The first-order valence-corrected chi connectivity index (χ1v) is 9.61. The summed E-state index contributed by atoms with van der Waals surface area (Å²) in [7, 11) is 3.75. The second-order valence-corrected chi connectivity index (χ2v) is 7.07. The van der Waals surface area contributed by atoms with Gasteiger partial charge in [0.05, 0.1) is 12.3 Å². The summed E-state index contributed by atoms with van der Waals surface area (Å²) in [5.74, 6) is 1.54. The lowest BCUT2D eigenvalue weighted by atomic mass is 10.1. The predicted octanol–water partition coefficient (Wildman–Crippen LogP) is 3.39. The number of benzene rings is 1. The van der Waals surface area contributed by atoms with Gasteiger partial charge in [-0.1, -0.05) is 17.7 Å². The van der Waals surface area contributed by atoms with E-state index in [-0.39, 0.29) is 6.04 Å². The molecule has 0 saturated carbocycles. The molecule has 2 N–H and O–H groups in total. The molecule has 1 atom stereocenters. The molecule has 0 amide bonds. The van der Waals surface area contributed by atoms with E-state index in [9.17, 15) is 0 Å². The third-order valence-electron chi connectivity index (χ3n) is 4.55. The maximum atomic E-state index is 6.07. The maximum Gasteiger partial charge on any atom is 0.191 e. The van der Waals surface area contributed by atoms with Crippen molar-refractivity contribution in [3.63, 3.8) is 0 Å². The highest BCUT2D eigenvalue weighted by Crippen LogP contribution is 2.23. The van der Waals surface area contributed by atoms with Crippen molar-refractivity contribution in [3.8, 4) is 5.75 Å². The van der Waals surface area contributed by atoms with Crippen molar-refractivity contribution < 1.29 is 4.74 Å². The zero-order chi connectivity index (χ0) is 20.0. The van der Waals surface area contributed by atoms with Gasteiger partial charge in [-0.25, -0.2) is 0 Å². The second kappa shape index (κ2) is 9.65. The van der Waals surface area contributed by atoms with Crippen LogP contribution in [-0.2, 0) is 20.0 Å². The largest absolute Gasteiger partial charge is 0.493 e. The lowest BCUT2D eigenvalue weighted by Gasteiger charge is -2.19. The first-order valence-electron chi connectivity index (χ1n) is 9.23. The van der Waals surface area contributed by atoms with Crippen molar-refractivity contribution in [2.24, 2.45) is 12.0 Å². The number of hydrogen-bond acceptors (Lipinski definition) is 3. The van der Waals surface area contributed by atoms with E-state index in [1.165, 1.54) is 11.3 Å². The van der Waals surface area contributed by atoms with Gasteiger partial charge in [0.2, 0.25) is 0 Å². The van der Waals surface area contributed by atoms with Gasteiger partial charge in [0, 0.05) is 43.0 Å². The highest BCUT2D eigenvalue weighted by Gasteiger charge is 2.14. The van der Waals surface area contributed by atoms with Gasteiger partial charge < -0.3 is 15.4 Å². The predicted molar refractivity (Wildman–Crippen MR) is 112 cm³/mol. The summed E-state index contributed by atoms with van der Waals surface area (Å²) >= 11 is 6.07. The standard InChI is InChI=1S/C20H30ClN5O/c1-7-27-19-11-17(21)9-8-16(19)12-23-20(22-5)24-13(2)10-18-14(3)25-26(6)15(18)4/h8-9,11,13H,7,10,12H2,1-6H3,(H2,22,23,24). The normalized spacial score (nSPS) is 12.8. The molecule has 1 heterocycles. The minimum Gasteiger partial charge on any atom is -0.493 e. The Morgan fingerprint density at radius 1 is 1.37 bits per heavy atom. The van der Waals surface area contributed by atoms with Gasteiger partial charge >= 0.3 is 0 Å². The fourth-order valence-corrected chi connectivity index (χ4v) is 3.20. The highest BCUT2D eigenvalue weighted by atomic mass is 35.5. The number of nitrogens with one attached hydrogen (secondary N) is 2. The molecule has 2 rings (SSSR count). The van der Waals surface area contributed by atoms with Crippen LogP contribution in [0.15, 0.2) is 23.2 Å². The van der Waals surface area contributed by atoms with Gasteiger partial charge in [0.25, 0.3) is 0 Å². The molecule has 1 aromatic carbocycles. The zero-order valence-electron chi connectivity index (χ0n) is 17.1.